The Bertz CT molecular complexity index is 887. The first-order valence-electron chi connectivity index (χ1n) is 8.47. The summed E-state index contributed by atoms with van der Waals surface area (Å²) in [4.78, 5) is 8.45. The number of nitrogens with one attached hydrogen (secondary N) is 2. The molecule has 0 aliphatic carbocycles. The highest BCUT2D eigenvalue weighted by Gasteiger charge is 2.06. The van der Waals surface area contributed by atoms with Gasteiger partial charge in [-0.3, -0.25) is 0 Å². The number of benzene rings is 2. The van der Waals surface area contributed by atoms with Crippen LogP contribution in [0.2, 0.25) is 0 Å². The van der Waals surface area contributed by atoms with E-state index in [4.69, 9.17) is 9.47 Å². The van der Waals surface area contributed by atoms with Gasteiger partial charge in [0.05, 0.1) is 14.2 Å². The van der Waals surface area contributed by atoms with Gasteiger partial charge in [0.15, 0.2) is 11.5 Å². The molecular formula is C20H21FN4O2. The number of nitrogens with zero attached hydrogens (tertiary/aromatic N) is 2. The van der Waals surface area contributed by atoms with E-state index >= 15 is 0 Å². The molecule has 0 aliphatic rings. The summed E-state index contributed by atoms with van der Waals surface area (Å²) in [6.07, 6.45) is 2.26. The first-order valence-corrected chi connectivity index (χ1v) is 8.47. The van der Waals surface area contributed by atoms with E-state index in [1.165, 1.54) is 18.5 Å². The minimum absolute atomic E-state index is 0.228. The van der Waals surface area contributed by atoms with Crippen molar-refractivity contribution >= 4 is 17.3 Å². The van der Waals surface area contributed by atoms with Crippen LogP contribution in [0.5, 0.6) is 11.5 Å². The average Bonchev–Trinajstić information content (AvgIpc) is 2.70. The summed E-state index contributed by atoms with van der Waals surface area (Å²) < 4.78 is 23.5. The minimum atomic E-state index is -0.228. The molecule has 0 bridgehead atoms. The number of hydrogen-bond acceptors (Lipinski definition) is 6. The van der Waals surface area contributed by atoms with E-state index < -0.39 is 0 Å². The van der Waals surface area contributed by atoms with Crippen LogP contribution < -0.4 is 20.1 Å². The maximum atomic E-state index is 12.9. The molecule has 6 nitrogen and oxygen atoms in total. The van der Waals surface area contributed by atoms with Gasteiger partial charge >= 0.3 is 0 Å². The first-order chi connectivity index (χ1) is 13.2. The van der Waals surface area contributed by atoms with Gasteiger partial charge in [-0.25, -0.2) is 14.4 Å². The van der Waals surface area contributed by atoms with E-state index in [2.05, 4.69) is 20.6 Å². The SMILES string of the molecule is COc1ccc(Nc2cc(NCCc3ccc(F)cc3)ncn2)cc1OC. The van der Waals surface area contributed by atoms with Crippen molar-refractivity contribution in [2.45, 2.75) is 6.42 Å². The van der Waals surface area contributed by atoms with Gasteiger partial charge in [-0.1, -0.05) is 12.1 Å². The van der Waals surface area contributed by atoms with Gasteiger partial charge in [-0.2, -0.15) is 0 Å². The molecule has 27 heavy (non-hydrogen) atoms. The number of anilines is 3. The fraction of sp³-hybridized carbons (Fsp3) is 0.200. The van der Waals surface area contributed by atoms with Gasteiger partial charge in [0.25, 0.3) is 0 Å². The Morgan fingerprint density at radius 3 is 2.37 bits per heavy atom. The summed E-state index contributed by atoms with van der Waals surface area (Å²) in [5.74, 6) is 2.42. The Balaban J connectivity index is 1.60. The van der Waals surface area contributed by atoms with Gasteiger partial charge in [-0.15, -0.1) is 0 Å². The highest BCUT2D eigenvalue weighted by molar-refractivity contribution is 5.62. The van der Waals surface area contributed by atoms with Crippen molar-refractivity contribution in [2.75, 3.05) is 31.4 Å². The van der Waals surface area contributed by atoms with Crippen LogP contribution in [0.3, 0.4) is 0 Å². The molecule has 3 aromatic rings. The van der Waals surface area contributed by atoms with Crippen molar-refractivity contribution in [3.63, 3.8) is 0 Å². The molecule has 0 amide bonds. The third kappa shape index (κ3) is 5.07. The minimum Gasteiger partial charge on any atom is -0.493 e. The molecule has 7 heteroatoms. The van der Waals surface area contributed by atoms with E-state index in [1.807, 2.05) is 24.3 Å². The quantitative estimate of drug-likeness (QED) is 0.626. The fourth-order valence-electron chi connectivity index (χ4n) is 2.57. The molecule has 0 saturated carbocycles. The maximum Gasteiger partial charge on any atom is 0.162 e. The molecule has 3 rings (SSSR count). The summed E-state index contributed by atoms with van der Waals surface area (Å²) in [5, 5.41) is 6.46. The lowest BCUT2D eigenvalue weighted by Gasteiger charge is -2.11. The Hall–Kier alpha value is -3.35. The van der Waals surface area contributed by atoms with Gasteiger partial charge in [-0.05, 0) is 36.2 Å². The Labute approximate surface area is 157 Å². The van der Waals surface area contributed by atoms with Gasteiger partial charge in [0.2, 0.25) is 0 Å². The maximum absolute atomic E-state index is 12.9. The summed E-state index contributed by atoms with van der Waals surface area (Å²) >= 11 is 0. The number of hydrogen-bond donors (Lipinski definition) is 2. The molecule has 0 saturated heterocycles. The van der Waals surface area contributed by atoms with Crippen LogP contribution in [-0.4, -0.2) is 30.7 Å². The topological polar surface area (TPSA) is 68.3 Å². The van der Waals surface area contributed by atoms with Crippen molar-refractivity contribution in [1.82, 2.24) is 9.97 Å². The second kappa shape index (κ2) is 8.84. The molecule has 0 fully saturated rings. The van der Waals surface area contributed by atoms with Crippen LogP contribution in [0.4, 0.5) is 21.7 Å². The van der Waals surface area contributed by atoms with E-state index in [1.54, 1.807) is 26.4 Å². The molecule has 0 unspecified atom stereocenters. The predicted molar refractivity (Wildman–Crippen MR) is 103 cm³/mol. The summed E-state index contributed by atoms with van der Waals surface area (Å²) in [5.41, 5.74) is 1.88. The lowest BCUT2D eigenvalue weighted by atomic mass is 10.1. The van der Waals surface area contributed by atoms with Crippen molar-refractivity contribution in [3.05, 3.63) is 66.2 Å². The van der Waals surface area contributed by atoms with Gasteiger partial charge < -0.3 is 20.1 Å². The molecule has 0 aliphatic heterocycles. The van der Waals surface area contributed by atoms with Crippen molar-refractivity contribution in [2.24, 2.45) is 0 Å². The molecule has 1 heterocycles. The molecule has 2 N–H and O–H groups in total. The highest BCUT2D eigenvalue weighted by atomic mass is 19.1. The molecule has 140 valence electrons. The monoisotopic (exact) mass is 368 g/mol. The van der Waals surface area contributed by atoms with Crippen molar-refractivity contribution < 1.29 is 13.9 Å². The highest BCUT2D eigenvalue weighted by Crippen LogP contribution is 2.30. The zero-order valence-electron chi connectivity index (χ0n) is 15.2. The number of rotatable bonds is 8. The number of ether oxygens (including phenoxy) is 2. The third-order valence-corrected chi connectivity index (χ3v) is 3.96. The lowest BCUT2D eigenvalue weighted by Crippen LogP contribution is -2.07. The molecule has 1 aromatic heterocycles. The first kappa shape index (κ1) is 18.4. The summed E-state index contributed by atoms with van der Waals surface area (Å²) in [6.45, 7) is 0.679. The van der Waals surface area contributed by atoms with Crippen LogP contribution in [0, 0.1) is 5.82 Å². The molecule has 0 atom stereocenters. The van der Waals surface area contributed by atoms with Crippen molar-refractivity contribution in [1.29, 1.82) is 0 Å². The molecule has 0 radical (unpaired) electrons. The Morgan fingerprint density at radius 2 is 1.63 bits per heavy atom. The Kier molecular flexibility index (Phi) is 6.04. The average molecular weight is 368 g/mol. The van der Waals surface area contributed by atoms with Crippen LogP contribution in [-0.2, 0) is 6.42 Å². The third-order valence-electron chi connectivity index (χ3n) is 3.96. The number of methoxy groups -OCH3 is 2. The lowest BCUT2D eigenvalue weighted by molar-refractivity contribution is 0.355. The van der Waals surface area contributed by atoms with Gasteiger partial charge in [0.1, 0.15) is 23.8 Å². The summed E-state index contributed by atoms with van der Waals surface area (Å²) in [6, 6.07) is 13.8. The standard InChI is InChI=1S/C20H21FN4O2/c1-26-17-8-7-16(11-18(17)27-2)25-20-12-19(23-13-24-20)22-10-9-14-3-5-15(21)6-4-14/h3-8,11-13H,9-10H2,1-2H3,(H2,22,23,24,25). The summed E-state index contributed by atoms with van der Waals surface area (Å²) in [7, 11) is 3.19. The van der Waals surface area contributed by atoms with Crippen molar-refractivity contribution in [3.8, 4) is 11.5 Å². The van der Waals surface area contributed by atoms with Gasteiger partial charge in [0, 0.05) is 24.4 Å². The fourth-order valence-corrected chi connectivity index (χ4v) is 2.57. The smallest absolute Gasteiger partial charge is 0.162 e. The van der Waals surface area contributed by atoms with E-state index in [0.717, 1.165) is 17.7 Å². The zero-order valence-corrected chi connectivity index (χ0v) is 15.2. The van der Waals surface area contributed by atoms with E-state index in [0.29, 0.717) is 29.7 Å². The zero-order chi connectivity index (χ0) is 19.1. The molecule has 2 aromatic carbocycles. The van der Waals surface area contributed by atoms with E-state index in [-0.39, 0.29) is 5.82 Å². The second-order valence-corrected chi connectivity index (χ2v) is 5.79. The van der Waals surface area contributed by atoms with Crippen LogP contribution in [0.25, 0.3) is 0 Å². The van der Waals surface area contributed by atoms with Crippen LogP contribution in [0.15, 0.2) is 54.9 Å². The normalized spacial score (nSPS) is 10.3. The number of halogens is 1. The largest absolute Gasteiger partial charge is 0.493 e. The molecule has 0 spiro atoms. The second-order valence-electron chi connectivity index (χ2n) is 5.79. The van der Waals surface area contributed by atoms with Crippen LogP contribution in [0.1, 0.15) is 5.56 Å². The predicted octanol–water partition coefficient (Wildman–Crippen LogP) is 4.03. The van der Waals surface area contributed by atoms with E-state index in [9.17, 15) is 4.39 Å². The Morgan fingerprint density at radius 1 is 0.889 bits per heavy atom. The number of aromatic nitrogens is 2. The van der Waals surface area contributed by atoms with Crippen LogP contribution >= 0.6 is 0 Å². The molecular weight excluding hydrogens is 347 g/mol.